The van der Waals surface area contributed by atoms with Crippen LogP contribution in [0.5, 0.6) is 5.75 Å². The van der Waals surface area contributed by atoms with Crippen molar-refractivity contribution in [2.45, 2.75) is 6.92 Å². The van der Waals surface area contributed by atoms with Crippen LogP contribution in [0.25, 0.3) is 21.1 Å². The van der Waals surface area contributed by atoms with Crippen molar-refractivity contribution in [3.63, 3.8) is 0 Å². The summed E-state index contributed by atoms with van der Waals surface area (Å²) in [5.74, 6) is 0.583. The number of aromatic nitrogens is 2. The maximum atomic E-state index is 12.5. The fraction of sp³-hybridized carbons (Fsp3) is 0.105. The largest absolute Gasteiger partial charge is 0.497 e. The first kappa shape index (κ1) is 15.5. The lowest BCUT2D eigenvalue weighted by molar-refractivity contribution is 0.102. The number of nitrogens with one attached hydrogen (secondary N) is 1. The zero-order valence-corrected chi connectivity index (χ0v) is 14.6. The van der Waals surface area contributed by atoms with Crippen LogP contribution in [0.1, 0.15) is 16.1 Å². The van der Waals surface area contributed by atoms with E-state index in [9.17, 15) is 4.79 Å². The molecule has 4 rings (SSSR count). The summed E-state index contributed by atoms with van der Waals surface area (Å²) < 4.78 is 6.18. The van der Waals surface area contributed by atoms with Gasteiger partial charge in [-0.05, 0) is 49.4 Å². The van der Waals surface area contributed by atoms with Crippen LogP contribution in [0, 0.1) is 6.92 Å². The van der Waals surface area contributed by atoms with E-state index in [2.05, 4.69) is 15.3 Å². The standard InChI is InChI=1S/C19H15N3O2S/c1-11-3-4-12-9-13(5-7-15(12)20-11)18(23)22-19-21-16-8-6-14(24-2)10-17(16)25-19/h3-10H,1-2H3,(H,21,22,23). The van der Waals surface area contributed by atoms with Crippen molar-refractivity contribution in [3.8, 4) is 5.75 Å². The van der Waals surface area contributed by atoms with Gasteiger partial charge in [-0.25, -0.2) is 4.98 Å². The maximum Gasteiger partial charge on any atom is 0.257 e. The number of aryl methyl sites for hydroxylation is 1. The Morgan fingerprint density at radius 3 is 2.72 bits per heavy atom. The number of anilines is 1. The SMILES string of the molecule is COc1ccc2nc(NC(=O)c3ccc4nc(C)ccc4c3)sc2c1. The van der Waals surface area contributed by atoms with Gasteiger partial charge < -0.3 is 4.74 Å². The number of thiazole rings is 1. The Morgan fingerprint density at radius 2 is 1.88 bits per heavy atom. The van der Waals surface area contributed by atoms with Gasteiger partial charge in [0, 0.05) is 16.6 Å². The van der Waals surface area contributed by atoms with Crippen molar-refractivity contribution < 1.29 is 9.53 Å². The Morgan fingerprint density at radius 1 is 1.04 bits per heavy atom. The monoisotopic (exact) mass is 349 g/mol. The molecule has 1 N–H and O–H groups in total. The summed E-state index contributed by atoms with van der Waals surface area (Å²) >= 11 is 1.42. The second-order valence-corrected chi connectivity index (χ2v) is 6.70. The number of carbonyl (C=O) groups excluding carboxylic acids is 1. The molecule has 0 spiro atoms. The molecule has 6 heteroatoms. The van der Waals surface area contributed by atoms with E-state index in [1.807, 2.05) is 49.4 Å². The minimum atomic E-state index is -0.187. The van der Waals surface area contributed by atoms with E-state index in [0.717, 1.165) is 32.6 Å². The van der Waals surface area contributed by atoms with E-state index >= 15 is 0 Å². The Bertz CT molecular complexity index is 1100. The molecule has 124 valence electrons. The third-order valence-corrected chi connectivity index (χ3v) is 4.84. The lowest BCUT2D eigenvalue weighted by Crippen LogP contribution is -2.11. The van der Waals surface area contributed by atoms with Crippen LogP contribution in [0.3, 0.4) is 0 Å². The maximum absolute atomic E-state index is 12.5. The third kappa shape index (κ3) is 3.04. The zero-order chi connectivity index (χ0) is 17.4. The quantitative estimate of drug-likeness (QED) is 0.595. The molecule has 2 aromatic heterocycles. The Hall–Kier alpha value is -2.99. The van der Waals surface area contributed by atoms with Crippen LogP contribution in [0.4, 0.5) is 5.13 Å². The first-order valence-electron chi connectivity index (χ1n) is 7.76. The van der Waals surface area contributed by atoms with Gasteiger partial charge >= 0.3 is 0 Å². The molecule has 0 aliphatic carbocycles. The van der Waals surface area contributed by atoms with Gasteiger partial charge in [0.2, 0.25) is 0 Å². The summed E-state index contributed by atoms with van der Waals surface area (Å²) in [7, 11) is 1.63. The van der Waals surface area contributed by atoms with Crippen molar-refractivity contribution in [1.82, 2.24) is 9.97 Å². The van der Waals surface area contributed by atoms with E-state index in [4.69, 9.17) is 4.74 Å². The van der Waals surface area contributed by atoms with E-state index in [0.29, 0.717) is 10.7 Å². The summed E-state index contributed by atoms with van der Waals surface area (Å²) in [5, 5.41) is 4.37. The van der Waals surface area contributed by atoms with E-state index in [-0.39, 0.29) is 5.91 Å². The summed E-state index contributed by atoms with van der Waals surface area (Å²) in [6, 6.07) is 15.0. The highest BCUT2D eigenvalue weighted by Gasteiger charge is 2.11. The smallest absolute Gasteiger partial charge is 0.257 e. The van der Waals surface area contributed by atoms with E-state index in [1.165, 1.54) is 11.3 Å². The molecule has 0 radical (unpaired) electrons. The third-order valence-electron chi connectivity index (χ3n) is 3.91. The van der Waals surface area contributed by atoms with Crippen molar-refractivity contribution >= 4 is 43.5 Å². The van der Waals surface area contributed by atoms with Gasteiger partial charge in [0.25, 0.3) is 5.91 Å². The predicted molar refractivity (Wildman–Crippen MR) is 101 cm³/mol. The Balaban J connectivity index is 1.62. The average molecular weight is 349 g/mol. The summed E-state index contributed by atoms with van der Waals surface area (Å²) in [4.78, 5) is 21.4. The highest BCUT2D eigenvalue weighted by Crippen LogP contribution is 2.29. The van der Waals surface area contributed by atoms with Crippen molar-refractivity contribution in [2.24, 2.45) is 0 Å². The molecule has 0 bridgehead atoms. The van der Waals surface area contributed by atoms with Crippen LogP contribution in [0.15, 0.2) is 48.5 Å². The molecule has 4 aromatic rings. The molecule has 0 atom stereocenters. The molecule has 1 amide bonds. The number of ether oxygens (including phenoxy) is 1. The lowest BCUT2D eigenvalue weighted by Gasteiger charge is -2.04. The topological polar surface area (TPSA) is 64.1 Å². The highest BCUT2D eigenvalue weighted by molar-refractivity contribution is 7.22. The number of pyridine rings is 1. The van der Waals surface area contributed by atoms with Crippen molar-refractivity contribution in [2.75, 3.05) is 12.4 Å². The average Bonchev–Trinajstić information content (AvgIpc) is 3.02. The minimum Gasteiger partial charge on any atom is -0.497 e. The molecule has 0 saturated heterocycles. The van der Waals surface area contributed by atoms with Gasteiger partial charge in [-0.3, -0.25) is 15.1 Å². The molecule has 0 fully saturated rings. The number of carbonyl (C=O) groups is 1. The van der Waals surface area contributed by atoms with Gasteiger partial charge in [-0.2, -0.15) is 0 Å². The summed E-state index contributed by atoms with van der Waals surface area (Å²) in [6.07, 6.45) is 0. The molecule has 2 heterocycles. The number of hydrogen-bond acceptors (Lipinski definition) is 5. The van der Waals surface area contributed by atoms with E-state index < -0.39 is 0 Å². The van der Waals surface area contributed by atoms with Crippen molar-refractivity contribution in [1.29, 1.82) is 0 Å². The zero-order valence-electron chi connectivity index (χ0n) is 13.7. The number of amides is 1. The Labute approximate surface area is 148 Å². The van der Waals surface area contributed by atoms with Crippen LogP contribution in [-0.2, 0) is 0 Å². The van der Waals surface area contributed by atoms with Gasteiger partial charge in [0.05, 0.1) is 22.8 Å². The number of hydrogen-bond donors (Lipinski definition) is 1. The first-order chi connectivity index (χ1) is 12.1. The molecular formula is C19H15N3O2S. The number of methoxy groups -OCH3 is 1. The molecule has 5 nitrogen and oxygen atoms in total. The number of rotatable bonds is 3. The van der Waals surface area contributed by atoms with Gasteiger partial charge in [0.1, 0.15) is 5.75 Å². The van der Waals surface area contributed by atoms with Crippen LogP contribution < -0.4 is 10.1 Å². The molecule has 0 aliphatic heterocycles. The predicted octanol–water partition coefficient (Wildman–Crippen LogP) is 4.41. The molecule has 0 unspecified atom stereocenters. The van der Waals surface area contributed by atoms with Gasteiger partial charge in [0.15, 0.2) is 5.13 Å². The van der Waals surface area contributed by atoms with Gasteiger partial charge in [-0.1, -0.05) is 17.4 Å². The molecular weight excluding hydrogens is 334 g/mol. The summed E-state index contributed by atoms with van der Waals surface area (Å²) in [5.41, 5.74) is 3.24. The van der Waals surface area contributed by atoms with Crippen molar-refractivity contribution in [3.05, 3.63) is 59.8 Å². The minimum absolute atomic E-state index is 0.187. The fourth-order valence-corrected chi connectivity index (χ4v) is 3.51. The second-order valence-electron chi connectivity index (χ2n) is 5.67. The molecule has 2 aromatic carbocycles. The molecule has 0 aliphatic rings. The van der Waals surface area contributed by atoms with Crippen LogP contribution in [-0.4, -0.2) is 23.0 Å². The normalized spacial score (nSPS) is 11.0. The van der Waals surface area contributed by atoms with Crippen LogP contribution in [0.2, 0.25) is 0 Å². The lowest BCUT2D eigenvalue weighted by atomic mass is 10.1. The summed E-state index contributed by atoms with van der Waals surface area (Å²) in [6.45, 7) is 1.95. The molecule has 25 heavy (non-hydrogen) atoms. The van der Waals surface area contributed by atoms with Gasteiger partial charge in [-0.15, -0.1) is 0 Å². The second kappa shape index (κ2) is 6.14. The number of benzene rings is 2. The highest BCUT2D eigenvalue weighted by atomic mass is 32.1. The fourth-order valence-electron chi connectivity index (χ4n) is 2.62. The number of nitrogens with zero attached hydrogens (tertiary/aromatic N) is 2. The number of fused-ring (bicyclic) bond motifs is 2. The first-order valence-corrected chi connectivity index (χ1v) is 8.57. The van der Waals surface area contributed by atoms with E-state index in [1.54, 1.807) is 13.2 Å². The molecule has 0 saturated carbocycles. The Kier molecular flexibility index (Phi) is 3.82. The van der Waals surface area contributed by atoms with Crippen LogP contribution >= 0.6 is 11.3 Å².